The Balaban J connectivity index is 2.73. The van der Waals surface area contributed by atoms with Gasteiger partial charge in [-0.2, -0.15) is 5.10 Å². The lowest BCUT2D eigenvalue weighted by Crippen LogP contribution is -2.08. The zero-order chi connectivity index (χ0) is 13.3. The van der Waals surface area contributed by atoms with E-state index in [1.165, 1.54) is 12.7 Å². The number of aromatic carboxylic acids is 1. The molecule has 92 valence electrons. The molecule has 0 unspecified atom stereocenters. The van der Waals surface area contributed by atoms with Crippen LogP contribution in [-0.2, 0) is 0 Å². The molecule has 0 fully saturated rings. The van der Waals surface area contributed by atoms with Crippen molar-refractivity contribution in [2.24, 2.45) is 0 Å². The van der Waals surface area contributed by atoms with E-state index in [0.29, 0.717) is 0 Å². The van der Waals surface area contributed by atoms with Gasteiger partial charge >= 0.3 is 5.97 Å². The van der Waals surface area contributed by atoms with Crippen LogP contribution < -0.4 is 0 Å². The van der Waals surface area contributed by atoms with E-state index < -0.39 is 16.6 Å². The maximum Gasteiger partial charge on any atom is 0.338 e. The lowest BCUT2D eigenvalue weighted by molar-refractivity contribution is -0.384. The number of nitrogens with zero attached hydrogens (tertiary/aromatic N) is 4. The number of hydrogen-bond donors (Lipinski definition) is 1. The average Bonchev–Trinajstić information content (AvgIpc) is 2.80. The number of hydrogen-bond acceptors (Lipinski definition) is 5. The fourth-order valence-electron chi connectivity index (χ4n) is 1.41. The van der Waals surface area contributed by atoms with Gasteiger partial charge in [0.25, 0.3) is 5.69 Å². The molecule has 2 rings (SSSR count). The summed E-state index contributed by atoms with van der Waals surface area (Å²) in [6.07, 6.45) is 2.45. The predicted octanol–water partition coefficient (Wildman–Crippen LogP) is 1.53. The summed E-state index contributed by atoms with van der Waals surface area (Å²) in [4.78, 5) is 24.7. The van der Waals surface area contributed by atoms with Crippen molar-refractivity contribution >= 4 is 23.3 Å². The fourth-order valence-corrected chi connectivity index (χ4v) is 1.71. The van der Waals surface area contributed by atoms with Gasteiger partial charge in [-0.05, 0) is 0 Å². The van der Waals surface area contributed by atoms with E-state index in [1.54, 1.807) is 0 Å². The van der Waals surface area contributed by atoms with E-state index in [-0.39, 0.29) is 16.3 Å². The van der Waals surface area contributed by atoms with E-state index in [0.717, 1.165) is 16.8 Å². The Bertz CT molecular complexity index is 626. The van der Waals surface area contributed by atoms with Crippen LogP contribution in [0.5, 0.6) is 0 Å². The highest BCUT2D eigenvalue weighted by atomic mass is 35.5. The van der Waals surface area contributed by atoms with E-state index >= 15 is 0 Å². The third kappa shape index (κ3) is 2.00. The molecule has 0 radical (unpaired) electrons. The second-order valence-corrected chi connectivity index (χ2v) is 3.63. The zero-order valence-corrected chi connectivity index (χ0v) is 9.40. The third-order valence-corrected chi connectivity index (χ3v) is 2.43. The van der Waals surface area contributed by atoms with Gasteiger partial charge in [0.2, 0.25) is 0 Å². The lowest BCUT2D eigenvalue weighted by Gasteiger charge is -2.07. The lowest BCUT2D eigenvalue weighted by atomic mass is 10.1. The first-order valence-electron chi connectivity index (χ1n) is 4.57. The summed E-state index contributed by atoms with van der Waals surface area (Å²) in [7, 11) is 0. The van der Waals surface area contributed by atoms with Crippen LogP contribution in [0.15, 0.2) is 24.8 Å². The number of carboxylic acids is 1. The highest BCUT2D eigenvalue weighted by Gasteiger charge is 2.21. The van der Waals surface area contributed by atoms with Crippen molar-refractivity contribution in [3.8, 4) is 5.69 Å². The number of aromatic nitrogens is 3. The molecular weight excluding hydrogens is 264 g/mol. The van der Waals surface area contributed by atoms with Gasteiger partial charge in [0.1, 0.15) is 18.3 Å². The fraction of sp³-hybridized carbons (Fsp3) is 0. The van der Waals surface area contributed by atoms with Crippen molar-refractivity contribution in [1.29, 1.82) is 0 Å². The topological polar surface area (TPSA) is 111 Å². The minimum Gasteiger partial charge on any atom is -0.478 e. The van der Waals surface area contributed by atoms with Gasteiger partial charge in [0, 0.05) is 12.1 Å². The Kier molecular flexibility index (Phi) is 2.94. The summed E-state index contributed by atoms with van der Waals surface area (Å²) in [6, 6.07) is 1.98. The Morgan fingerprint density at radius 2 is 2.22 bits per heavy atom. The monoisotopic (exact) mass is 268 g/mol. The summed E-state index contributed by atoms with van der Waals surface area (Å²) in [5, 5.41) is 23.4. The highest BCUT2D eigenvalue weighted by molar-refractivity contribution is 6.33. The largest absolute Gasteiger partial charge is 0.478 e. The maximum atomic E-state index is 11.1. The molecule has 0 amide bonds. The van der Waals surface area contributed by atoms with E-state index in [1.807, 2.05) is 0 Å². The molecule has 0 atom stereocenters. The van der Waals surface area contributed by atoms with Crippen molar-refractivity contribution < 1.29 is 14.8 Å². The van der Waals surface area contributed by atoms with Crippen LogP contribution >= 0.6 is 11.6 Å². The van der Waals surface area contributed by atoms with Crippen LogP contribution in [-0.4, -0.2) is 30.8 Å². The van der Waals surface area contributed by atoms with Gasteiger partial charge in [-0.1, -0.05) is 11.6 Å². The number of nitro groups is 1. The van der Waals surface area contributed by atoms with E-state index in [4.69, 9.17) is 16.7 Å². The summed E-state index contributed by atoms with van der Waals surface area (Å²) < 4.78 is 1.13. The molecule has 18 heavy (non-hydrogen) atoms. The zero-order valence-electron chi connectivity index (χ0n) is 8.65. The Morgan fingerprint density at radius 3 is 2.72 bits per heavy atom. The molecule has 0 bridgehead atoms. The molecule has 9 heteroatoms. The first-order chi connectivity index (χ1) is 8.50. The Labute approximate surface area is 105 Å². The molecule has 8 nitrogen and oxygen atoms in total. The number of non-ortho nitro benzene ring substituents is 1. The molecule has 0 saturated carbocycles. The second-order valence-electron chi connectivity index (χ2n) is 3.23. The van der Waals surface area contributed by atoms with Gasteiger partial charge in [0.05, 0.1) is 15.5 Å². The van der Waals surface area contributed by atoms with Crippen LogP contribution in [0.25, 0.3) is 5.69 Å². The Hall–Kier alpha value is -2.48. The smallest absolute Gasteiger partial charge is 0.338 e. The normalized spacial score (nSPS) is 10.3. The minimum absolute atomic E-state index is 0.0345. The van der Waals surface area contributed by atoms with Gasteiger partial charge in [-0.25, -0.2) is 14.5 Å². The summed E-state index contributed by atoms with van der Waals surface area (Å²) in [5.41, 5.74) is -0.687. The predicted molar refractivity (Wildman–Crippen MR) is 60.0 cm³/mol. The van der Waals surface area contributed by atoms with Gasteiger partial charge in [-0.3, -0.25) is 10.1 Å². The number of benzene rings is 1. The van der Waals surface area contributed by atoms with Gasteiger partial charge in [-0.15, -0.1) is 0 Å². The molecule has 0 spiro atoms. The van der Waals surface area contributed by atoms with E-state index in [2.05, 4.69) is 10.1 Å². The molecule has 0 aliphatic rings. The van der Waals surface area contributed by atoms with Crippen molar-refractivity contribution in [3.05, 3.63) is 45.5 Å². The van der Waals surface area contributed by atoms with Crippen molar-refractivity contribution in [1.82, 2.24) is 14.8 Å². The van der Waals surface area contributed by atoms with Crippen molar-refractivity contribution in [2.45, 2.75) is 0 Å². The molecule has 0 aliphatic carbocycles. The summed E-state index contributed by atoms with van der Waals surface area (Å²) >= 11 is 5.86. The number of halogens is 1. The quantitative estimate of drug-likeness (QED) is 0.667. The van der Waals surface area contributed by atoms with E-state index in [9.17, 15) is 14.9 Å². The van der Waals surface area contributed by atoms with Gasteiger partial charge in [0.15, 0.2) is 0 Å². The SMILES string of the molecule is O=C(O)c1cc([N+](=O)[O-])cc(Cl)c1-n1cncn1. The molecule has 0 saturated heterocycles. The molecule has 1 aromatic carbocycles. The molecule has 0 aliphatic heterocycles. The summed E-state index contributed by atoms with van der Waals surface area (Å²) in [6.45, 7) is 0. The van der Waals surface area contributed by atoms with Crippen LogP contribution in [0.1, 0.15) is 10.4 Å². The molecule has 2 aromatic rings. The standard InChI is InChI=1S/C9H5ClN4O4/c10-7-2-5(14(17)18)1-6(9(15)16)8(7)13-4-11-3-12-13/h1-4H,(H,15,16). The number of nitro benzene ring substituents is 1. The summed E-state index contributed by atoms with van der Waals surface area (Å²) in [5.74, 6) is -1.34. The number of carbonyl (C=O) groups is 1. The van der Waals surface area contributed by atoms with Crippen LogP contribution in [0.2, 0.25) is 5.02 Å². The minimum atomic E-state index is -1.34. The van der Waals surface area contributed by atoms with Gasteiger partial charge < -0.3 is 5.11 Å². The molecule has 1 N–H and O–H groups in total. The maximum absolute atomic E-state index is 11.1. The van der Waals surface area contributed by atoms with Crippen LogP contribution in [0, 0.1) is 10.1 Å². The average molecular weight is 269 g/mol. The van der Waals surface area contributed by atoms with Crippen LogP contribution in [0.3, 0.4) is 0 Å². The first kappa shape index (κ1) is 12.0. The Morgan fingerprint density at radius 1 is 1.50 bits per heavy atom. The van der Waals surface area contributed by atoms with Crippen molar-refractivity contribution in [2.75, 3.05) is 0 Å². The first-order valence-corrected chi connectivity index (χ1v) is 4.94. The second kappa shape index (κ2) is 4.41. The molecule has 1 heterocycles. The van der Waals surface area contributed by atoms with Crippen LogP contribution in [0.4, 0.5) is 5.69 Å². The highest BCUT2D eigenvalue weighted by Crippen LogP contribution is 2.29. The molecule has 1 aromatic heterocycles. The number of carboxylic acid groups (broad SMARTS) is 1. The van der Waals surface area contributed by atoms with Crippen molar-refractivity contribution in [3.63, 3.8) is 0 Å². The third-order valence-electron chi connectivity index (χ3n) is 2.14. The molecular formula is C9H5ClN4O4. The number of rotatable bonds is 3.